The highest BCUT2D eigenvalue weighted by Gasteiger charge is 2.37. The summed E-state index contributed by atoms with van der Waals surface area (Å²) in [5.41, 5.74) is 0.436. The third-order valence-corrected chi connectivity index (χ3v) is 3.94. The van der Waals surface area contributed by atoms with Gasteiger partial charge in [-0.1, -0.05) is 6.92 Å². The summed E-state index contributed by atoms with van der Waals surface area (Å²) in [5.74, 6) is 0.195. The average Bonchev–Trinajstić information content (AvgIpc) is 2.59. The van der Waals surface area contributed by atoms with Gasteiger partial charge in [-0.3, -0.25) is 9.48 Å². The summed E-state index contributed by atoms with van der Waals surface area (Å²) in [5, 5.41) is 7.38. The maximum absolute atomic E-state index is 12.5. The number of aryl methyl sites for hydroxylation is 1. The van der Waals surface area contributed by atoms with E-state index in [0.717, 1.165) is 30.4 Å². The van der Waals surface area contributed by atoms with E-state index < -0.39 is 0 Å². The molecule has 0 spiro atoms. The zero-order valence-corrected chi connectivity index (χ0v) is 11.2. The van der Waals surface area contributed by atoms with E-state index in [-0.39, 0.29) is 11.2 Å². The van der Waals surface area contributed by atoms with Crippen LogP contribution < -0.4 is 5.32 Å². The van der Waals surface area contributed by atoms with Crippen LogP contribution in [0.5, 0.6) is 0 Å². The van der Waals surface area contributed by atoms with Crippen molar-refractivity contribution in [2.45, 2.75) is 19.8 Å². The SMILES string of the molecule is Cn1ncc(Br)c1C(=O)C1(C)CCNCC1. The summed E-state index contributed by atoms with van der Waals surface area (Å²) < 4.78 is 2.44. The van der Waals surface area contributed by atoms with Crippen molar-refractivity contribution >= 4 is 21.7 Å². The van der Waals surface area contributed by atoms with Gasteiger partial charge < -0.3 is 5.32 Å². The molecule has 0 saturated carbocycles. The molecule has 0 unspecified atom stereocenters. The summed E-state index contributed by atoms with van der Waals surface area (Å²) in [7, 11) is 1.81. The van der Waals surface area contributed by atoms with Crippen molar-refractivity contribution in [3.8, 4) is 0 Å². The summed E-state index contributed by atoms with van der Waals surface area (Å²) >= 11 is 3.39. The molecular formula is C11H16BrN3O. The van der Waals surface area contributed by atoms with Crippen LogP contribution in [0, 0.1) is 5.41 Å². The Bertz CT molecular complexity index is 388. The van der Waals surface area contributed by atoms with Crippen LogP contribution in [0.1, 0.15) is 30.3 Å². The fourth-order valence-electron chi connectivity index (χ4n) is 2.16. The lowest BCUT2D eigenvalue weighted by Gasteiger charge is -2.32. The van der Waals surface area contributed by atoms with Crippen molar-refractivity contribution in [2.75, 3.05) is 13.1 Å². The molecule has 16 heavy (non-hydrogen) atoms. The summed E-state index contributed by atoms with van der Waals surface area (Å²) in [4.78, 5) is 12.5. The highest BCUT2D eigenvalue weighted by Crippen LogP contribution is 2.34. The third-order valence-electron chi connectivity index (χ3n) is 3.36. The molecule has 2 heterocycles. The lowest BCUT2D eigenvalue weighted by molar-refractivity contribution is 0.0751. The van der Waals surface area contributed by atoms with E-state index in [1.54, 1.807) is 10.9 Å². The first-order chi connectivity index (χ1) is 7.54. The van der Waals surface area contributed by atoms with Gasteiger partial charge in [0.05, 0.1) is 10.7 Å². The van der Waals surface area contributed by atoms with Gasteiger partial charge in [-0.2, -0.15) is 5.10 Å². The molecule has 0 amide bonds. The van der Waals surface area contributed by atoms with Crippen molar-refractivity contribution in [3.05, 3.63) is 16.4 Å². The molecule has 1 aliphatic rings. The Morgan fingerprint density at radius 3 is 2.69 bits per heavy atom. The Morgan fingerprint density at radius 1 is 1.56 bits per heavy atom. The fourth-order valence-corrected chi connectivity index (χ4v) is 2.69. The number of nitrogens with one attached hydrogen (secondary N) is 1. The van der Waals surface area contributed by atoms with Gasteiger partial charge in [0, 0.05) is 12.5 Å². The molecule has 5 heteroatoms. The van der Waals surface area contributed by atoms with Gasteiger partial charge in [-0.15, -0.1) is 0 Å². The maximum Gasteiger partial charge on any atom is 0.187 e. The van der Waals surface area contributed by atoms with Gasteiger partial charge in [0.15, 0.2) is 5.78 Å². The van der Waals surface area contributed by atoms with Crippen molar-refractivity contribution in [2.24, 2.45) is 12.5 Å². The number of hydrogen-bond acceptors (Lipinski definition) is 3. The molecule has 0 aromatic carbocycles. The molecule has 1 N–H and O–H groups in total. The number of carbonyl (C=O) groups is 1. The molecule has 88 valence electrons. The van der Waals surface area contributed by atoms with Crippen molar-refractivity contribution in [1.29, 1.82) is 0 Å². The zero-order valence-electron chi connectivity index (χ0n) is 9.59. The van der Waals surface area contributed by atoms with Gasteiger partial charge in [0.25, 0.3) is 0 Å². The summed E-state index contributed by atoms with van der Waals surface area (Å²) in [6.07, 6.45) is 3.46. The Morgan fingerprint density at radius 2 is 2.19 bits per heavy atom. The second-order valence-corrected chi connectivity index (χ2v) is 5.46. The molecule has 2 rings (SSSR count). The van der Waals surface area contributed by atoms with Crippen LogP contribution >= 0.6 is 15.9 Å². The van der Waals surface area contributed by atoms with E-state index in [2.05, 4.69) is 33.3 Å². The van der Waals surface area contributed by atoms with Gasteiger partial charge in [-0.25, -0.2) is 0 Å². The van der Waals surface area contributed by atoms with Gasteiger partial charge in [0.2, 0.25) is 0 Å². The highest BCUT2D eigenvalue weighted by atomic mass is 79.9. The number of nitrogens with zero attached hydrogens (tertiary/aromatic N) is 2. The Balaban J connectivity index is 2.31. The second-order valence-electron chi connectivity index (χ2n) is 4.60. The smallest absolute Gasteiger partial charge is 0.187 e. The molecule has 0 radical (unpaired) electrons. The van der Waals surface area contributed by atoms with Crippen LogP contribution in [0.15, 0.2) is 10.7 Å². The van der Waals surface area contributed by atoms with Gasteiger partial charge >= 0.3 is 0 Å². The topological polar surface area (TPSA) is 46.9 Å². The Kier molecular flexibility index (Phi) is 3.17. The second kappa shape index (κ2) is 4.30. The first kappa shape index (κ1) is 11.8. The first-order valence-corrected chi connectivity index (χ1v) is 6.27. The quantitative estimate of drug-likeness (QED) is 0.843. The van der Waals surface area contributed by atoms with Gasteiger partial charge in [0.1, 0.15) is 5.69 Å². The van der Waals surface area contributed by atoms with Crippen LogP contribution in [0.4, 0.5) is 0 Å². The lowest BCUT2D eigenvalue weighted by Crippen LogP contribution is -2.40. The molecular weight excluding hydrogens is 270 g/mol. The van der Waals surface area contributed by atoms with Crippen molar-refractivity contribution in [1.82, 2.24) is 15.1 Å². The third kappa shape index (κ3) is 1.94. The highest BCUT2D eigenvalue weighted by molar-refractivity contribution is 9.10. The standard InChI is InChI=1S/C11H16BrN3O/c1-11(3-5-13-6-4-11)10(16)9-8(12)7-14-15(9)2/h7,13H,3-6H2,1-2H3. The van der Waals surface area contributed by atoms with Crippen LogP contribution in [0.3, 0.4) is 0 Å². The van der Waals surface area contributed by atoms with Crippen LogP contribution in [0.25, 0.3) is 0 Å². The molecule has 4 nitrogen and oxygen atoms in total. The molecule has 1 aromatic rings. The summed E-state index contributed by atoms with van der Waals surface area (Å²) in [6.45, 7) is 3.88. The molecule has 1 saturated heterocycles. The van der Waals surface area contributed by atoms with Gasteiger partial charge in [-0.05, 0) is 41.9 Å². The van der Waals surface area contributed by atoms with Crippen LogP contribution in [0.2, 0.25) is 0 Å². The Hall–Kier alpha value is -0.680. The number of aromatic nitrogens is 2. The van der Waals surface area contributed by atoms with Crippen LogP contribution in [-0.2, 0) is 7.05 Å². The molecule has 1 fully saturated rings. The monoisotopic (exact) mass is 285 g/mol. The lowest BCUT2D eigenvalue weighted by atomic mass is 9.76. The minimum absolute atomic E-state index is 0.195. The number of halogens is 1. The molecule has 0 atom stereocenters. The minimum atomic E-state index is -0.248. The van der Waals surface area contributed by atoms with E-state index in [9.17, 15) is 4.79 Å². The molecule has 0 aliphatic carbocycles. The average molecular weight is 286 g/mol. The summed E-state index contributed by atoms with van der Waals surface area (Å²) in [6, 6.07) is 0. The number of Topliss-reactive ketones (excluding diaryl/α,β-unsaturated/α-hetero) is 1. The Labute approximate surface area is 104 Å². The first-order valence-electron chi connectivity index (χ1n) is 5.48. The van der Waals surface area contributed by atoms with E-state index in [0.29, 0.717) is 5.69 Å². The van der Waals surface area contributed by atoms with Crippen LogP contribution in [-0.4, -0.2) is 28.7 Å². The molecule has 1 aromatic heterocycles. The maximum atomic E-state index is 12.5. The normalized spacial score (nSPS) is 19.7. The van der Waals surface area contributed by atoms with E-state index >= 15 is 0 Å². The van der Waals surface area contributed by atoms with E-state index in [1.807, 2.05) is 7.05 Å². The molecule has 0 bridgehead atoms. The fraction of sp³-hybridized carbons (Fsp3) is 0.636. The van der Waals surface area contributed by atoms with Crippen molar-refractivity contribution < 1.29 is 4.79 Å². The largest absolute Gasteiger partial charge is 0.317 e. The zero-order chi connectivity index (χ0) is 11.8. The van der Waals surface area contributed by atoms with E-state index in [1.165, 1.54) is 0 Å². The number of hydrogen-bond donors (Lipinski definition) is 1. The molecule has 1 aliphatic heterocycles. The minimum Gasteiger partial charge on any atom is -0.317 e. The number of rotatable bonds is 2. The number of ketones is 1. The number of carbonyl (C=O) groups excluding carboxylic acids is 1. The predicted molar refractivity (Wildman–Crippen MR) is 65.4 cm³/mol. The number of piperidine rings is 1. The predicted octanol–water partition coefficient (Wildman–Crippen LogP) is 1.75. The van der Waals surface area contributed by atoms with Crippen molar-refractivity contribution in [3.63, 3.8) is 0 Å². The van der Waals surface area contributed by atoms with E-state index in [4.69, 9.17) is 0 Å².